The summed E-state index contributed by atoms with van der Waals surface area (Å²) in [6.45, 7) is 3.90. The Hall–Kier alpha value is -3.15. The van der Waals surface area contributed by atoms with E-state index in [2.05, 4.69) is 10.2 Å². The first-order valence-corrected chi connectivity index (χ1v) is 7.56. The Balaban J connectivity index is 2.04. The minimum atomic E-state index is -0.591. The third kappa shape index (κ3) is 2.74. The van der Waals surface area contributed by atoms with Crippen LogP contribution in [-0.2, 0) is 0 Å². The number of aromatic nitrogens is 1. The molecule has 0 aliphatic carbocycles. The van der Waals surface area contributed by atoms with Gasteiger partial charge in [0.15, 0.2) is 5.69 Å². The van der Waals surface area contributed by atoms with E-state index in [4.69, 9.17) is 0 Å². The fourth-order valence-electron chi connectivity index (χ4n) is 2.65. The standard InChI is InChI=1S/C18H17N3O3/c1-11(2)21-15-9-4-3-8-14(15)16(18(21)24)19-20-17(23)12-6-5-7-13(22)10-12/h3-11,22,24H,1-2H3. The molecule has 3 aromatic rings. The second kappa shape index (κ2) is 6.16. The van der Waals surface area contributed by atoms with Crippen LogP contribution in [0.3, 0.4) is 0 Å². The first-order chi connectivity index (χ1) is 11.5. The predicted octanol–water partition coefficient (Wildman–Crippen LogP) is 4.56. The van der Waals surface area contributed by atoms with E-state index in [-0.39, 0.29) is 28.9 Å². The first kappa shape index (κ1) is 15.7. The van der Waals surface area contributed by atoms with Crippen LogP contribution >= 0.6 is 0 Å². The number of phenolic OH excluding ortho intramolecular Hbond substituents is 1. The second-order valence-corrected chi connectivity index (χ2v) is 5.71. The zero-order valence-electron chi connectivity index (χ0n) is 13.3. The second-order valence-electron chi connectivity index (χ2n) is 5.71. The Morgan fingerprint density at radius 3 is 2.54 bits per heavy atom. The van der Waals surface area contributed by atoms with E-state index in [1.807, 2.05) is 38.1 Å². The summed E-state index contributed by atoms with van der Waals surface area (Å²) < 4.78 is 1.74. The third-order valence-electron chi connectivity index (χ3n) is 3.71. The van der Waals surface area contributed by atoms with Crippen LogP contribution in [0, 0.1) is 0 Å². The number of rotatable bonds is 3. The van der Waals surface area contributed by atoms with Crippen molar-refractivity contribution in [2.75, 3.05) is 0 Å². The number of benzene rings is 2. The van der Waals surface area contributed by atoms with E-state index in [1.165, 1.54) is 12.1 Å². The largest absolute Gasteiger partial charge is 0.508 e. The smallest absolute Gasteiger partial charge is 0.295 e. The molecule has 2 N–H and O–H groups in total. The van der Waals surface area contributed by atoms with E-state index in [1.54, 1.807) is 16.7 Å². The normalized spacial score (nSPS) is 11.6. The van der Waals surface area contributed by atoms with Crippen LogP contribution < -0.4 is 0 Å². The molecule has 0 saturated heterocycles. The highest BCUT2D eigenvalue weighted by molar-refractivity contribution is 5.97. The fourth-order valence-corrected chi connectivity index (χ4v) is 2.65. The summed E-state index contributed by atoms with van der Waals surface area (Å²) in [6.07, 6.45) is 0. The Kier molecular flexibility index (Phi) is 4.04. The number of azo groups is 1. The molecule has 24 heavy (non-hydrogen) atoms. The molecule has 2 aromatic carbocycles. The van der Waals surface area contributed by atoms with Crippen LogP contribution in [0.4, 0.5) is 5.69 Å². The zero-order chi connectivity index (χ0) is 17.3. The monoisotopic (exact) mass is 323 g/mol. The molecular formula is C18H17N3O3. The van der Waals surface area contributed by atoms with Crippen LogP contribution in [-0.4, -0.2) is 20.7 Å². The minimum Gasteiger partial charge on any atom is -0.508 e. The summed E-state index contributed by atoms with van der Waals surface area (Å²) >= 11 is 0. The van der Waals surface area contributed by atoms with Gasteiger partial charge in [-0.15, -0.1) is 10.2 Å². The van der Waals surface area contributed by atoms with Gasteiger partial charge in [-0.3, -0.25) is 4.79 Å². The average Bonchev–Trinajstić information content (AvgIpc) is 2.84. The molecule has 122 valence electrons. The van der Waals surface area contributed by atoms with Crippen molar-refractivity contribution >= 4 is 22.5 Å². The van der Waals surface area contributed by atoms with Gasteiger partial charge in [-0.1, -0.05) is 24.3 Å². The highest BCUT2D eigenvalue weighted by Crippen LogP contribution is 2.40. The average molecular weight is 323 g/mol. The summed E-state index contributed by atoms with van der Waals surface area (Å²) in [5, 5.41) is 28.3. The van der Waals surface area contributed by atoms with Gasteiger partial charge in [0.1, 0.15) is 5.75 Å². The number of phenols is 1. The number of carbonyl (C=O) groups excluding carboxylic acids is 1. The number of nitrogens with zero attached hydrogens (tertiary/aromatic N) is 3. The van der Waals surface area contributed by atoms with Gasteiger partial charge in [-0.25, -0.2) is 0 Å². The summed E-state index contributed by atoms with van der Waals surface area (Å²) in [4.78, 5) is 12.1. The van der Waals surface area contributed by atoms with E-state index in [0.717, 1.165) is 10.9 Å². The molecular weight excluding hydrogens is 306 g/mol. The molecule has 0 saturated carbocycles. The minimum absolute atomic E-state index is 0.0182. The van der Waals surface area contributed by atoms with Gasteiger partial charge < -0.3 is 14.8 Å². The van der Waals surface area contributed by atoms with Gasteiger partial charge in [0.25, 0.3) is 5.91 Å². The summed E-state index contributed by atoms with van der Waals surface area (Å²) in [6, 6.07) is 13.3. The Bertz CT molecular complexity index is 942. The topological polar surface area (TPSA) is 87.2 Å². The zero-order valence-corrected chi connectivity index (χ0v) is 13.3. The third-order valence-corrected chi connectivity index (χ3v) is 3.71. The molecule has 0 aliphatic rings. The lowest BCUT2D eigenvalue weighted by molar-refractivity contribution is 0.0994. The molecule has 3 rings (SSSR count). The molecule has 1 amide bonds. The highest BCUT2D eigenvalue weighted by atomic mass is 16.3. The van der Waals surface area contributed by atoms with E-state index >= 15 is 0 Å². The van der Waals surface area contributed by atoms with Crippen LogP contribution in [0.2, 0.25) is 0 Å². The lowest BCUT2D eigenvalue weighted by Gasteiger charge is -2.10. The van der Waals surface area contributed by atoms with E-state index < -0.39 is 5.91 Å². The van der Waals surface area contributed by atoms with Crippen molar-refractivity contribution in [2.24, 2.45) is 10.2 Å². The molecule has 0 spiro atoms. The van der Waals surface area contributed by atoms with Crippen molar-refractivity contribution in [3.8, 4) is 11.6 Å². The number of hydrogen-bond acceptors (Lipinski definition) is 4. The number of para-hydroxylation sites is 1. The number of aromatic hydroxyl groups is 2. The number of amides is 1. The Morgan fingerprint density at radius 2 is 1.83 bits per heavy atom. The van der Waals surface area contributed by atoms with Gasteiger partial charge in [0, 0.05) is 17.0 Å². The number of hydrogen-bond donors (Lipinski definition) is 2. The van der Waals surface area contributed by atoms with Crippen molar-refractivity contribution in [3.63, 3.8) is 0 Å². The molecule has 1 aromatic heterocycles. The van der Waals surface area contributed by atoms with Gasteiger partial charge in [0.2, 0.25) is 5.88 Å². The van der Waals surface area contributed by atoms with Gasteiger partial charge in [-0.2, -0.15) is 0 Å². The molecule has 0 aliphatic heterocycles. The lowest BCUT2D eigenvalue weighted by Crippen LogP contribution is -1.98. The lowest BCUT2D eigenvalue weighted by atomic mass is 10.2. The molecule has 1 heterocycles. The summed E-state index contributed by atoms with van der Waals surface area (Å²) in [5.74, 6) is -0.638. The molecule has 6 nitrogen and oxygen atoms in total. The van der Waals surface area contributed by atoms with Crippen molar-refractivity contribution in [1.29, 1.82) is 0 Å². The van der Waals surface area contributed by atoms with Gasteiger partial charge in [-0.05, 0) is 38.1 Å². The predicted molar refractivity (Wildman–Crippen MR) is 90.9 cm³/mol. The molecule has 0 atom stereocenters. The molecule has 0 bridgehead atoms. The van der Waals surface area contributed by atoms with Crippen molar-refractivity contribution < 1.29 is 15.0 Å². The maximum atomic E-state index is 12.1. The number of fused-ring (bicyclic) bond motifs is 1. The molecule has 6 heteroatoms. The van der Waals surface area contributed by atoms with Crippen molar-refractivity contribution in [1.82, 2.24) is 4.57 Å². The SMILES string of the molecule is CC(C)n1c(O)c(N=NC(=O)c2cccc(O)c2)c2ccccc21. The fraction of sp³-hybridized carbons (Fsp3) is 0.167. The summed E-state index contributed by atoms with van der Waals surface area (Å²) in [5.41, 5.74) is 1.31. The first-order valence-electron chi connectivity index (χ1n) is 7.56. The van der Waals surface area contributed by atoms with Crippen LogP contribution in [0.5, 0.6) is 11.6 Å². The maximum absolute atomic E-state index is 12.1. The molecule has 0 radical (unpaired) electrons. The number of carbonyl (C=O) groups is 1. The van der Waals surface area contributed by atoms with Crippen LogP contribution in [0.15, 0.2) is 58.8 Å². The molecule has 0 fully saturated rings. The van der Waals surface area contributed by atoms with Crippen LogP contribution in [0.1, 0.15) is 30.2 Å². The van der Waals surface area contributed by atoms with Crippen molar-refractivity contribution in [3.05, 3.63) is 54.1 Å². The summed E-state index contributed by atoms with van der Waals surface area (Å²) in [7, 11) is 0. The van der Waals surface area contributed by atoms with E-state index in [9.17, 15) is 15.0 Å². The Morgan fingerprint density at radius 1 is 1.08 bits per heavy atom. The van der Waals surface area contributed by atoms with Gasteiger partial charge >= 0.3 is 0 Å². The van der Waals surface area contributed by atoms with Gasteiger partial charge in [0.05, 0.1) is 5.52 Å². The highest BCUT2D eigenvalue weighted by Gasteiger charge is 2.18. The van der Waals surface area contributed by atoms with Crippen molar-refractivity contribution in [2.45, 2.75) is 19.9 Å². The van der Waals surface area contributed by atoms with Crippen LogP contribution in [0.25, 0.3) is 10.9 Å². The van der Waals surface area contributed by atoms with E-state index in [0.29, 0.717) is 0 Å². The Labute approximate surface area is 138 Å². The maximum Gasteiger partial charge on any atom is 0.295 e. The quantitative estimate of drug-likeness (QED) is 0.693. The molecule has 0 unspecified atom stereocenters.